The van der Waals surface area contributed by atoms with Crippen LogP contribution in [-0.2, 0) is 36.6 Å². The SMILES string of the molecule is O=C(NCc1ccccc1CS(=O)(=O)N1CCOCC1)C1CCCN(C(=O)C2CC2)C1. The Kier molecular flexibility index (Phi) is 6.93. The Morgan fingerprint density at radius 2 is 1.71 bits per heavy atom. The molecule has 4 rings (SSSR count). The fourth-order valence-electron chi connectivity index (χ4n) is 4.29. The molecule has 0 aromatic heterocycles. The summed E-state index contributed by atoms with van der Waals surface area (Å²) < 4.78 is 32.3. The molecule has 1 aromatic rings. The maximum absolute atomic E-state index is 12.8. The van der Waals surface area contributed by atoms with Crippen LogP contribution in [0.15, 0.2) is 24.3 Å². The summed E-state index contributed by atoms with van der Waals surface area (Å²) in [5.41, 5.74) is 1.50. The minimum absolute atomic E-state index is 0.0702. The minimum Gasteiger partial charge on any atom is -0.379 e. The lowest BCUT2D eigenvalue weighted by molar-refractivity contribution is -0.136. The number of rotatable bonds is 7. The van der Waals surface area contributed by atoms with Crippen LogP contribution < -0.4 is 5.32 Å². The molecule has 1 unspecified atom stereocenters. The number of ether oxygens (including phenoxy) is 1. The molecule has 1 aromatic carbocycles. The number of morpholine rings is 1. The number of hydrogen-bond donors (Lipinski definition) is 1. The molecule has 9 heteroatoms. The first-order chi connectivity index (χ1) is 14.9. The van der Waals surface area contributed by atoms with Crippen LogP contribution >= 0.6 is 0 Å². The molecule has 8 nitrogen and oxygen atoms in total. The van der Waals surface area contributed by atoms with Crippen molar-refractivity contribution in [2.45, 2.75) is 38.0 Å². The van der Waals surface area contributed by atoms with Gasteiger partial charge in [0, 0.05) is 38.6 Å². The lowest BCUT2D eigenvalue weighted by Crippen LogP contribution is -2.45. The Morgan fingerprint density at radius 1 is 1.00 bits per heavy atom. The van der Waals surface area contributed by atoms with Crippen molar-refractivity contribution in [1.29, 1.82) is 0 Å². The van der Waals surface area contributed by atoms with E-state index in [1.165, 1.54) is 4.31 Å². The lowest BCUT2D eigenvalue weighted by Gasteiger charge is -2.32. The van der Waals surface area contributed by atoms with E-state index in [-0.39, 0.29) is 35.9 Å². The molecule has 0 bridgehead atoms. The van der Waals surface area contributed by atoms with Crippen molar-refractivity contribution in [3.63, 3.8) is 0 Å². The highest BCUT2D eigenvalue weighted by Crippen LogP contribution is 2.32. The molecule has 31 heavy (non-hydrogen) atoms. The molecule has 2 heterocycles. The lowest BCUT2D eigenvalue weighted by atomic mass is 9.96. The molecule has 3 aliphatic rings. The third kappa shape index (κ3) is 5.64. The van der Waals surface area contributed by atoms with Gasteiger partial charge >= 0.3 is 0 Å². The maximum Gasteiger partial charge on any atom is 0.225 e. The van der Waals surface area contributed by atoms with Crippen molar-refractivity contribution < 1.29 is 22.7 Å². The van der Waals surface area contributed by atoms with Gasteiger partial charge in [0.15, 0.2) is 0 Å². The number of piperidine rings is 1. The summed E-state index contributed by atoms with van der Waals surface area (Å²) in [7, 11) is -3.44. The summed E-state index contributed by atoms with van der Waals surface area (Å²) in [6.45, 7) is 3.07. The summed E-state index contributed by atoms with van der Waals surface area (Å²) in [6, 6.07) is 7.32. The predicted octanol–water partition coefficient (Wildman–Crippen LogP) is 1.11. The van der Waals surface area contributed by atoms with Gasteiger partial charge in [-0.05, 0) is 36.8 Å². The van der Waals surface area contributed by atoms with Crippen molar-refractivity contribution in [1.82, 2.24) is 14.5 Å². The van der Waals surface area contributed by atoms with Gasteiger partial charge in [-0.15, -0.1) is 0 Å². The van der Waals surface area contributed by atoms with Crippen molar-refractivity contribution >= 4 is 21.8 Å². The third-order valence-corrected chi connectivity index (χ3v) is 8.13. The van der Waals surface area contributed by atoms with Crippen LogP contribution in [0.2, 0.25) is 0 Å². The Balaban J connectivity index is 1.35. The summed E-state index contributed by atoms with van der Waals surface area (Å²) >= 11 is 0. The average molecular weight is 450 g/mol. The molecule has 0 spiro atoms. The summed E-state index contributed by atoms with van der Waals surface area (Å²) in [4.78, 5) is 27.0. The normalized spacial score (nSPS) is 22.8. The van der Waals surface area contributed by atoms with Crippen LogP contribution in [0, 0.1) is 11.8 Å². The monoisotopic (exact) mass is 449 g/mol. The van der Waals surface area contributed by atoms with Gasteiger partial charge in [-0.2, -0.15) is 4.31 Å². The molecule has 1 aliphatic carbocycles. The first-order valence-electron chi connectivity index (χ1n) is 11.1. The molecule has 2 saturated heterocycles. The zero-order valence-electron chi connectivity index (χ0n) is 17.8. The highest BCUT2D eigenvalue weighted by molar-refractivity contribution is 7.88. The minimum atomic E-state index is -3.44. The number of carbonyl (C=O) groups excluding carboxylic acids is 2. The van der Waals surface area contributed by atoms with Crippen molar-refractivity contribution in [2.75, 3.05) is 39.4 Å². The number of benzene rings is 1. The number of amides is 2. The fraction of sp³-hybridized carbons (Fsp3) is 0.636. The number of nitrogens with zero attached hydrogens (tertiary/aromatic N) is 2. The third-order valence-electron chi connectivity index (χ3n) is 6.30. The number of hydrogen-bond acceptors (Lipinski definition) is 5. The van der Waals surface area contributed by atoms with Crippen molar-refractivity contribution in [3.8, 4) is 0 Å². The molecule has 1 N–H and O–H groups in total. The number of nitrogens with one attached hydrogen (secondary N) is 1. The van der Waals surface area contributed by atoms with E-state index in [0.29, 0.717) is 38.4 Å². The Morgan fingerprint density at radius 3 is 2.42 bits per heavy atom. The van der Waals surface area contributed by atoms with Gasteiger partial charge in [0.05, 0.1) is 24.9 Å². The molecule has 1 atom stereocenters. The second kappa shape index (κ2) is 9.67. The first-order valence-corrected chi connectivity index (χ1v) is 12.7. The van der Waals surface area contributed by atoms with Crippen LogP contribution in [0.25, 0.3) is 0 Å². The van der Waals surface area contributed by atoms with Gasteiger partial charge in [0.1, 0.15) is 0 Å². The van der Waals surface area contributed by atoms with Crippen LogP contribution in [0.5, 0.6) is 0 Å². The van der Waals surface area contributed by atoms with E-state index in [1.54, 1.807) is 6.07 Å². The topological polar surface area (TPSA) is 96.0 Å². The Hall–Kier alpha value is -1.97. The number of likely N-dealkylation sites (tertiary alicyclic amines) is 1. The molecular formula is C22H31N3O5S. The maximum atomic E-state index is 12.8. The van der Waals surface area contributed by atoms with Gasteiger partial charge in [0.25, 0.3) is 0 Å². The van der Waals surface area contributed by atoms with E-state index in [0.717, 1.165) is 37.8 Å². The van der Waals surface area contributed by atoms with Crippen molar-refractivity contribution in [2.24, 2.45) is 11.8 Å². The summed E-state index contributed by atoms with van der Waals surface area (Å²) in [6.07, 6.45) is 3.55. The van der Waals surface area contributed by atoms with Gasteiger partial charge in [0.2, 0.25) is 21.8 Å². The molecule has 3 fully saturated rings. The molecule has 2 amide bonds. The smallest absolute Gasteiger partial charge is 0.225 e. The Labute approximate surface area is 184 Å². The zero-order valence-corrected chi connectivity index (χ0v) is 18.6. The molecule has 1 saturated carbocycles. The fourth-order valence-corrected chi connectivity index (χ4v) is 5.85. The first kappa shape index (κ1) is 22.2. The van der Waals surface area contributed by atoms with Crippen LogP contribution in [0.1, 0.15) is 36.8 Å². The second-order valence-corrected chi connectivity index (χ2v) is 10.6. The van der Waals surface area contributed by atoms with Crippen molar-refractivity contribution in [3.05, 3.63) is 35.4 Å². The van der Waals surface area contributed by atoms with E-state index in [9.17, 15) is 18.0 Å². The molecular weight excluding hydrogens is 418 g/mol. The van der Waals surface area contributed by atoms with E-state index in [4.69, 9.17) is 4.74 Å². The van der Waals surface area contributed by atoms with Gasteiger partial charge < -0.3 is 15.0 Å². The highest BCUT2D eigenvalue weighted by Gasteiger charge is 2.36. The summed E-state index contributed by atoms with van der Waals surface area (Å²) in [5, 5.41) is 2.97. The summed E-state index contributed by atoms with van der Waals surface area (Å²) in [5.74, 6) is -0.00956. The van der Waals surface area contributed by atoms with Crippen LogP contribution in [0.3, 0.4) is 0 Å². The Bertz CT molecular complexity index is 909. The molecule has 2 aliphatic heterocycles. The quantitative estimate of drug-likeness (QED) is 0.673. The van der Waals surface area contributed by atoms with Gasteiger partial charge in [-0.25, -0.2) is 8.42 Å². The van der Waals surface area contributed by atoms with Crippen LogP contribution in [0.4, 0.5) is 0 Å². The van der Waals surface area contributed by atoms with E-state index in [1.807, 2.05) is 23.1 Å². The molecule has 0 radical (unpaired) electrons. The van der Waals surface area contributed by atoms with Gasteiger partial charge in [-0.1, -0.05) is 24.3 Å². The van der Waals surface area contributed by atoms with E-state index >= 15 is 0 Å². The number of carbonyl (C=O) groups is 2. The number of sulfonamides is 1. The van der Waals surface area contributed by atoms with E-state index < -0.39 is 10.0 Å². The highest BCUT2D eigenvalue weighted by atomic mass is 32.2. The van der Waals surface area contributed by atoms with Gasteiger partial charge in [-0.3, -0.25) is 9.59 Å². The zero-order chi connectivity index (χ0) is 21.8. The average Bonchev–Trinajstić information content (AvgIpc) is 3.64. The largest absolute Gasteiger partial charge is 0.379 e. The predicted molar refractivity (Wildman–Crippen MR) is 115 cm³/mol. The van der Waals surface area contributed by atoms with E-state index in [2.05, 4.69) is 5.32 Å². The second-order valence-electron chi connectivity index (χ2n) is 8.65. The van der Waals surface area contributed by atoms with Crippen LogP contribution in [-0.4, -0.2) is 68.8 Å². The standard InChI is InChI=1S/C22H31N3O5S/c26-21(19-6-3-9-24(15-19)22(27)17-7-8-17)23-14-18-4-1-2-5-20(18)16-31(28,29)25-10-12-30-13-11-25/h1-2,4-5,17,19H,3,6-16H2,(H,23,26). The molecule has 170 valence electrons.